The zero-order valence-electron chi connectivity index (χ0n) is 7.72. The van der Waals surface area contributed by atoms with E-state index in [0.717, 1.165) is 25.3 Å². The standard InChI is InChI=1S/C8H19N3/c1-4-8(9)11(3)7-5-6-10-2/h4,10H,5-7,9H2,1-3H3/b8-4+. The number of nitrogens with one attached hydrogen (secondary N) is 1. The molecule has 3 nitrogen and oxygen atoms in total. The van der Waals surface area contributed by atoms with Crippen LogP contribution in [0.1, 0.15) is 13.3 Å². The predicted octanol–water partition coefficient (Wildman–Crippen LogP) is 0.348. The summed E-state index contributed by atoms with van der Waals surface area (Å²) in [7, 11) is 3.96. The lowest BCUT2D eigenvalue weighted by atomic mass is 10.4. The number of allylic oxidation sites excluding steroid dienone is 1. The SMILES string of the molecule is C/C=C(\N)N(C)CCCNC. The molecule has 0 aliphatic rings. The molecule has 0 aromatic heterocycles. The molecule has 0 amide bonds. The molecule has 66 valence electrons. The van der Waals surface area contributed by atoms with Crippen molar-refractivity contribution in [3.05, 3.63) is 11.9 Å². The molecule has 0 rings (SSSR count). The van der Waals surface area contributed by atoms with Crippen molar-refractivity contribution in [3.8, 4) is 0 Å². The van der Waals surface area contributed by atoms with Gasteiger partial charge in [-0.25, -0.2) is 0 Å². The Bertz CT molecular complexity index is 121. The summed E-state index contributed by atoms with van der Waals surface area (Å²) in [6, 6.07) is 0. The summed E-state index contributed by atoms with van der Waals surface area (Å²) in [5.41, 5.74) is 5.67. The highest BCUT2D eigenvalue weighted by molar-refractivity contribution is 4.91. The minimum Gasteiger partial charge on any atom is -0.386 e. The molecular formula is C8H19N3. The third kappa shape index (κ3) is 4.67. The van der Waals surface area contributed by atoms with Crippen molar-refractivity contribution in [2.24, 2.45) is 5.73 Å². The molecule has 0 fully saturated rings. The lowest BCUT2D eigenvalue weighted by Gasteiger charge is -2.18. The highest BCUT2D eigenvalue weighted by Crippen LogP contribution is 1.93. The highest BCUT2D eigenvalue weighted by Gasteiger charge is 1.96. The maximum atomic E-state index is 5.67. The lowest BCUT2D eigenvalue weighted by molar-refractivity contribution is 0.401. The van der Waals surface area contributed by atoms with Crippen molar-refractivity contribution < 1.29 is 0 Å². The summed E-state index contributed by atoms with van der Waals surface area (Å²) in [6.07, 6.45) is 3.04. The Hall–Kier alpha value is -0.700. The average Bonchev–Trinajstić information content (AvgIpc) is 2.03. The van der Waals surface area contributed by atoms with Gasteiger partial charge in [-0.1, -0.05) is 0 Å². The van der Waals surface area contributed by atoms with Gasteiger partial charge in [-0.05, 0) is 33.0 Å². The van der Waals surface area contributed by atoms with Crippen LogP contribution < -0.4 is 11.1 Å². The molecule has 3 heteroatoms. The number of hydrogen-bond donors (Lipinski definition) is 2. The van der Waals surface area contributed by atoms with Crippen LogP contribution in [0.3, 0.4) is 0 Å². The van der Waals surface area contributed by atoms with Gasteiger partial charge in [0.1, 0.15) is 0 Å². The Balaban J connectivity index is 3.44. The molecule has 0 aliphatic carbocycles. The van der Waals surface area contributed by atoms with E-state index < -0.39 is 0 Å². The molecule has 0 aromatic rings. The van der Waals surface area contributed by atoms with Crippen molar-refractivity contribution >= 4 is 0 Å². The molecule has 11 heavy (non-hydrogen) atoms. The Morgan fingerprint density at radius 2 is 2.27 bits per heavy atom. The lowest BCUT2D eigenvalue weighted by Crippen LogP contribution is -2.26. The van der Waals surface area contributed by atoms with Gasteiger partial charge in [0.25, 0.3) is 0 Å². The van der Waals surface area contributed by atoms with Crippen molar-refractivity contribution in [1.29, 1.82) is 0 Å². The molecule has 0 saturated carbocycles. The molecule has 0 unspecified atom stereocenters. The summed E-state index contributed by atoms with van der Waals surface area (Å²) in [6.45, 7) is 4.00. The zero-order chi connectivity index (χ0) is 8.69. The van der Waals surface area contributed by atoms with E-state index in [1.165, 1.54) is 0 Å². The first-order valence-corrected chi connectivity index (χ1v) is 4.00. The van der Waals surface area contributed by atoms with Gasteiger partial charge < -0.3 is 16.0 Å². The number of nitrogens with zero attached hydrogens (tertiary/aromatic N) is 1. The minimum atomic E-state index is 0.848. The second-order valence-corrected chi connectivity index (χ2v) is 2.59. The maximum absolute atomic E-state index is 5.67. The van der Waals surface area contributed by atoms with Crippen LogP contribution in [0.5, 0.6) is 0 Å². The van der Waals surface area contributed by atoms with Gasteiger partial charge in [0.15, 0.2) is 0 Å². The zero-order valence-corrected chi connectivity index (χ0v) is 7.72. The molecular weight excluding hydrogens is 138 g/mol. The van der Waals surface area contributed by atoms with Crippen LogP contribution in [-0.4, -0.2) is 32.1 Å². The first kappa shape index (κ1) is 10.3. The second kappa shape index (κ2) is 6.04. The molecule has 0 bridgehead atoms. The van der Waals surface area contributed by atoms with E-state index in [9.17, 15) is 0 Å². The summed E-state index contributed by atoms with van der Waals surface area (Å²) in [5.74, 6) is 0.848. The summed E-state index contributed by atoms with van der Waals surface area (Å²) in [4.78, 5) is 2.05. The summed E-state index contributed by atoms with van der Waals surface area (Å²) >= 11 is 0. The Labute approximate surface area is 69.3 Å². The van der Waals surface area contributed by atoms with E-state index in [1.807, 2.05) is 27.1 Å². The smallest absolute Gasteiger partial charge is 0.0939 e. The number of nitrogens with two attached hydrogens (primary N) is 1. The normalized spacial score (nSPS) is 11.7. The predicted molar refractivity (Wildman–Crippen MR) is 49.1 cm³/mol. The molecule has 0 aliphatic heterocycles. The maximum Gasteiger partial charge on any atom is 0.0939 e. The fraction of sp³-hybridized carbons (Fsp3) is 0.750. The van der Waals surface area contributed by atoms with Crippen LogP contribution in [0.4, 0.5) is 0 Å². The third-order valence-corrected chi connectivity index (χ3v) is 1.66. The van der Waals surface area contributed by atoms with E-state index in [-0.39, 0.29) is 0 Å². The Morgan fingerprint density at radius 3 is 2.73 bits per heavy atom. The highest BCUT2D eigenvalue weighted by atomic mass is 15.2. The fourth-order valence-electron chi connectivity index (χ4n) is 0.842. The molecule has 0 heterocycles. The van der Waals surface area contributed by atoms with E-state index in [0.29, 0.717) is 0 Å². The summed E-state index contributed by atoms with van der Waals surface area (Å²) < 4.78 is 0. The van der Waals surface area contributed by atoms with Crippen LogP contribution in [-0.2, 0) is 0 Å². The third-order valence-electron chi connectivity index (χ3n) is 1.66. The van der Waals surface area contributed by atoms with Crippen LogP contribution in [0.15, 0.2) is 11.9 Å². The van der Waals surface area contributed by atoms with Crippen LogP contribution >= 0.6 is 0 Å². The second-order valence-electron chi connectivity index (χ2n) is 2.59. The van der Waals surface area contributed by atoms with Crippen molar-refractivity contribution in [2.75, 3.05) is 27.2 Å². The van der Waals surface area contributed by atoms with Gasteiger partial charge in [-0.15, -0.1) is 0 Å². The topological polar surface area (TPSA) is 41.3 Å². The largest absolute Gasteiger partial charge is 0.386 e. The monoisotopic (exact) mass is 157 g/mol. The van der Waals surface area contributed by atoms with Crippen molar-refractivity contribution in [1.82, 2.24) is 10.2 Å². The first-order valence-electron chi connectivity index (χ1n) is 4.00. The van der Waals surface area contributed by atoms with Gasteiger partial charge >= 0.3 is 0 Å². The molecule has 0 spiro atoms. The molecule has 0 saturated heterocycles. The summed E-state index contributed by atoms with van der Waals surface area (Å²) in [5, 5.41) is 3.09. The van der Waals surface area contributed by atoms with E-state index in [2.05, 4.69) is 10.2 Å². The van der Waals surface area contributed by atoms with E-state index >= 15 is 0 Å². The quantitative estimate of drug-likeness (QED) is 0.566. The molecule has 0 aromatic carbocycles. The molecule has 0 atom stereocenters. The van der Waals surface area contributed by atoms with E-state index in [1.54, 1.807) is 0 Å². The minimum absolute atomic E-state index is 0.848. The van der Waals surface area contributed by atoms with Crippen molar-refractivity contribution in [3.63, 3.8) is 0 Å². The Morgan fingerprint density at radius 1 is 1.64 bits per heavy atom. The van der Waals surface area contributed by atoms with Crippen LogP contribution in [0.25, 0.3) is 0 Å². The molecule has 3 N–H and O–H groups in total. The van der Waals surface area contributed by atoms with Crippen molar-refractivity contribution in [2.45, 2.75) is 13.3 Å². The van der Waals surface area contributed by atoms with Crippen LogP contribution in [0.2, 0.25) is 0 Å². The van der Waals surface area contributed by atoms with Gasteiger partial charge in [0, 0.05) is 13.6 Å². The molecule has 0 radical (unpaired) electrons. The van der Waals surface area contributed by atoms with E-state index in [4.69, 9.17) is 5.73 Å². The van der Waals surface area contributed by atoms with Gasteiger partial charge in [-0.2, -0.15) is 0 Å². The number of rotatable bonds is 5. The van der Waals surface area contributed by atoms with Gasteiger partial charge in [-0.3, -0.25) is 0 Å². The number of hydrogen-bond acceptors (Lipinski definition) is 3. The van der Waals surface area contributed by atoms with Gasteiger partial charge in [0.2, 0.25) is 0 Å². The fourth-order valence-corrected chi connectivity index (χ4v) is 0.842. The first-order chi connectivity index (χ1) is 5.22. The average molecular weight is 157 g/mol. The van der Waals surface area contributed by atoms with Crippen LogP contribution in [0, 0.1) is 0 Å². The van der Waals surface area contributed by atoms with Gasteiger partial charge in [0.05, 0.1) is 5.82 Å². The Kier molecular flexibility index (Phi) is 5.65.